The van der Waals surface area contributed by atoms with Gasteiger partial charge >= 0.3 is 6.18 Å². The minimum Gasteiger partial charge on any atom is -0.297 e. The van der Waals surface area contributed by atoms with Crippen LogP contribution in [0.25, 0.3) is 10.9 Å². The van der Waals surface area contributed by atoms with E-state index in [1.54, 1.807) is 0 Å². The number of rotatable bonds is 0. The van der Waals surface area contributed by atoms with Gasteiger partial charge in [-0.05, 0) is 23.7 Å². The standard InChI is InChI=1S/C9H4ClF3N2O/c10-8-14-6-4(7(16)15-8)2-1-3-5(6)9(11,12)13/h1-3H,(H,14,15,16). The molecule has 0 aliphatic carbocycles. The zero-order chi connectivity index (χ0) is 11.9. The Labute approximate surface area is 91.9 Å². The Hall–Kier alpha value is -1.56. The molecule has 16 heavy (non-hydrogen) atoms. The molecule has 7 heteroatoms. The SMILES string of the molecule is O=c1[nH]c(Cl)nc2c(C(F)(F)F)cccc12. The maximum atomic E-state index is 12.6. The molecular weight excluding hydrogens is 245 g/mol. The first-order valence-corrected chi connectivity index (χ1v) is 4.53. The van der Waals surface area contributed by atoms with Crippen molar-refractivity contribution in [2.75, 3.05) is 0 Å². The van der Waals surface area contributed by atoms with Crippen molar-refractivity contribution in [2.24, 2.45) is 0 Å². The maximum Gasteiger partial charge on any atom is 0.418 e. The highest BCUT2D eigenvalue weighted by atomic mass is 35.5. The minimum absolute atomic E-state index is 0.140. The summed E-state index contributed by atoms with van der Waals surface area (Å²) in [7, 11) is 0. The average molecular weight is 249 g/mol. The number of nitrogens with zero attached hydrogens (tertiary/aromatic N) is 1. The number of hydrogen-bond acceptors (Lipinski definition) is 2. The van der Waals surface area contributed by atoms with Crippen LogP contribution >= 0.6 is 11.6 Å². The largest absolute Gasteiger partial charge is 0.418 e. The predicted octanol–water partition coefficient (Wildman–Crippen LogP) is 2.60. The second kappa shape index (κ2) is 3.48. The molecular formula is C9H4ClF3N2O. The average Bonchev–Trinajstić information content (AvgIpc) is 2.15. The fourth-order valence-corrected chi connectivity index (χ4v) is 1.53. The van der Waals surface area contributed by atoms with Gasteiger partial charge in [0.2, 0.25) is 5.28 Å². The Bertz CT molecular complexity index is 606. The van der Waals surface area contributed by atoms with Crippen molar-refractivity contribution in [2.45, 2.75) is 6.18 Å². The van der Waals surface area contributed by atoms with E-state index in [1.807, 2.05) is 0 Å². The van der Waals surface area contributed by atoms with Crippen molar-refractivity contribution in [3.8, 4) is 0 Å². The van der Waals surface area contributed by atoms with Crippen LogP contribution in [0.3, 0.4) is 0 Å². The highest BCUT2D eigenvalue weighted by Gasteiger charge is 2.33. The van der Waals surface area contributed by atoms with Gasteiger partial charge in [-0.2, -0.15) is 13.2 Å². The Morgan fingerprint density at radius 2 is 2.00 bits per heavy atom. The number of fused-ring (bicyclic) bond motifs is 1. The molecule has 0 saturated carbocycles. The van der Waals surface area contributed by atoms with Crippen molar-refractivity contribution in [3.05, 3.63) is 39.4 Å². The van der Waals surface area contributed by atoms with Gasteiger partial charge < -0.3 is 0 Å². The quantitative estimate of drug-likeness (QED) is 0.729. The Morgan fingerprint density at radius 1 is 1.31 bits per heavy atom. The van der Waals surface area contributed by atoms with Crippen LogP contribution in [0.5, 0.6) is 0 Å². The zero-order valence-electron chi connectivity index (χ0n) is 7.60. The summed E-state index contributed by atoms with van der Waals surface area (Å²) in [5.74, 6) is 0. The Balaban J connectivity index is 2.93. The third-order valence-electron chi connectivity index (χ3n) is 2.01. The van der Waals surface area contributed by atoms with Crippen LogP contribution in [0.1, 0.15) is 5.56 Å². The lowest BCUT2D eigenvalue weighted by Gasteiger charge is -2.08. The molecule has 0 saturated heterocycles. The molecule has 1 aromatic heterocycles. The molecule has 2 rings (SSSR count). The van der Waals surface area contributed by atoms with E-state index in [4.69, 9.17) is 11.6 Å². The van der Waals surface area contributed by atoms with Crippen LogP contribution < -0.4 is 5.56 Å². The maximum absolute atomic E-state index is 12.6. The molecule has 0 unspecified atom stereocenters. The van der Waals surface area contributed by atoms with Crippen molar-refractivity contribution >= 4 is 22.5 Å². The lowest BCUT2D eigenvalue weighted by molar-refractivity contribution is -0.136. The second-order valence-corrected chi connectivity index (χ2v) is 3.41. The lowest BCUT2D eigenvalue weighted by atomic mass is 10.1. The van der Waals surface area contributed by atoms with Crippen LogP contribution in [0.4, 0.5) is 13.2 Å². The first-order valence-electron chi connectivity index (χ1n) is 4.15. The molecule has 0 aliphatic heterocycles. The molecule has 0 radical (unpaired) electrons. The molecule has 1 aromatic carbocycles. The summed E-state index contributed by atoms with van der Waals surface area (Å²) >= 11 is 5.41. The summed E-state index contributed by atoms with van der Waals surface area (Å²) in [5.41, 5.74) is -2.11. The van der Waals surface area contributed by atoms with Gasteiger partial charge in [0.1, 0.15) is 0 Å². The van der Waals surface area contributed by atoms with Gasteiger partial charge in [-0.15, -0.1) is 0 Å². The van der Waals surface area contributed by atoms with Crippen molar-refractivity contribution in [3.63, 3.8) is 0 Å². The van der Waals surface area contributed by atoms with Gasteiger partial charge in [0.15, 0.2) is 0 Å². The summed E-state index contributed by atoms with van der Waals surface area (Å²) < 4.78 is 37.8. The Kier molecular flexibility index (Phi) is 2.38. The number of halogens is 4. The monoisotopic (exact) mass is 248 g/mol. The second-order valence-electron chi connectivity index (χ2n) is 3.06. The van der Waals surface area contributed by atoms with Crippen molar-refractivity contribution in [1.82, 2.24) is 9.97 Å². The molecule has 1 N–H and O–H groups in total. The van der Waals surface area contributed by atoms with Gasteiger partial charge in [0, 0.05) is 0 Å². The summed E-state index contributed by atoms with van der Waals surface area (Å²) in [5, 5.41) is -0.506. The fourth-order valence-electron chi connectivity index (χ4n) is 1.36. The number of hydrogen-bond donors (Lipinski definition) is 1. The number of aromatic nitrogens is 2. The highest BCUT2D eigenvalue weighted by Crippen LogP contribution is 2.33. The number of H-pyrrole nitrogens is 1. The number of nitrogens with one attached hydrogen (secondary N) is 1. The van der Waals surface area contributed by atoms with Gasteiger partial charge in [0.05, 0.1) is 16.5 Å². The van der Waals surface area contributed by atoms with E-state index in [1.165, 1.54) is 6.07 Å². The fraction of sp³-hybridized carbons (Fsp3) is 0.111. The summed E-state index contributed by atoms with van der Waals surface area (Å²) in [6.07, 6.45) is -4.57. The number of benzene rings is 1. The van der Waals surface area contributed by atoms with E-state index in [-0.39, 0.29) is 10.7 Å². The number of para-hydroxylation sites is 1. The predicted molar refractivity (Wildman–Crippen MR) is 52.4 cm³/mol. The van der Waals surface area contributed by atoms with Crippen LogP contribution in [-0.4, -0.2) is 9.97 Å². The minimum atomic E-state index is -4.57. The molecule has 0 amide bonds. The van der Waals surface area contributed by atoms with E-state index in [2.05, 4.69) is 9.97 Å². The Morgan fingerprint density at radius 3 is 2.62 bits per heavy atom. The summed E-state index contributed by atoms with van der Waals surface area (Å²) in [4.78, 5) is 16.9. The van der Waals surface area contributed by atoms with E-state index >= 15 is 0 Å². The van der Waals surface area contributed by atoms with Crippen LogP contribution in [0, 0.1) is 0 Å². The van der Waals surface area contributed by atoms with E-state index in [0.29, 0.717) is 0 Å². The van der Waals surface area contributed by atoms with Crippen molar-refractivity contribution < 1.29 is 13.2 Å². The lowest BCUT2D eigenvalue weighted by Crippen LogP contribution is -2.13. The van der Waals surface area contributed by atoms with E-state index in [0.717, 1.165) is 12.1 Å². The van der Waals surface area contributed by atoms with Crippen LogP contribution in [0.15, 0.2) is 23.0 Å². The molecule has 84 valence electrons. The zero-order valence-corrected chi connectivity index (χ0v) is 8.36. The molecule has 0 bridgehead atoms. The summed E-state index contributed by atoms with van der Waals surface area (Å²) in [6, 6.07) is 3.26. The first-order chi connectivity index (χ1) is 7.39. The molecule has 0 spiro atoms. The summed E-state index contributed by atoms with van der Waals surface area (Å²) in [6.45, 7) is 0. The van der Waals surface area contributed by atoms with Gasteiger partial charge in [-0.25, -0.2) is 4.98 Å². The van der Waals surface area contributed by atoms with Crippen molar-refractivity contribution in [1.29, 1.82) is 0 Å². The molecule has 2 aromatic rings. The molecule has 0 aliphatic rings. The van der Waals surface area contributed by atoms with Gasteiger partial charge in [0.25, 0.3) is 5.56 Å². The normalized spacial score (nSPS) is 12.0. The number of alkyl halides is 3. The topological polar surface area (TPSA) is 45.8 Å². The van der Waals surface area contributed by atoms with E-state index in [9.17, 15) is 18.0 Å². The van der Waals surface area contributed by atoms with Gasteiger partial charge in [-0.1, -0.05) is 6.07 Å². The smallest absolute Gasteiger partial charge is 0.297 e. The van der Waals surface area contributed by atoms with Crippen LogP contribution in [0.2, 0.25) is 5.28 Å². The van der Waals surface area contributed by atoms with Crippen LogP contribution in [-0.2, 0) is 6.18 Å². The number of aromatic amines is 1. The third-order valence-corrected chi connectivity index (χ3v) is 2.19. The molecule has 0 fully saturated rings. The highest BCUT2D eigenvalue weighted by molar-refractivity contribution is 6.28. The molecule has 3 nitrogen and oxygen atoms in total. The third kappa shape index (κ3) is 1.76. The molecule has 0 atom stereocenters. The molecule has 1 heterocycles. The van der Waals surface area contributed by atoms with E-state index < -0.39 is 22.8 Å². The van der Waals surface area contributed by atoms with Gasteiger partial charge in [-0.3, -0.25) is 9.78 Å². The first kappa shape index (κ1) is 10.9.